The summed E-state index contributed by atoms with van der Waals surface area (Å²) in [6.07, 6.45) is 8.80. The molecule has 7 nitrogen and oxygen atoms in total. The molecular formula is C24H29F2N3O4. The lowest BCUT2D eigenvalue weighted by Crippen LogP contribution is -2.40. The van der Waals surface area contributed by atoms with Crippen molar-refractivity contribution in [3.63, 3.8) is 0 Å². The fraction of sp³-hybridized carbons (Fsp3) is 0.417. The van der Waals surface area contributed by atoms with Gasteiger partial charge in [-0.25, -0.2) is 13.6 Å². The fourth-order valence-corrected chi connectivity index (χ4v) is 3.62. The minimum atomic E-state index is -3.23. The Hall–Kier alpha value is -3.36. The van der Waals surface area contributed by atoms with Crippen molar-refractivity contribution in [2.75, 3.05) is 26.4 Å². The molecular weight excluding hydrogens is 432 g/mol. The number of halogens is 2. The quantitative estimate of drug-likeness (QED) is 0.337. The van der Waals surface area contributed by atoms with E-state index in [0.29, 0.717) is 18.6 Å². The van der Waals surface area contributed by atoms with Gasteiger partial charge in [-0.2, -0.15) is 5.10 Å². The van der Waals surface area contributed by atoms with Crippen molar-refractivity contribution in [2.24, 2.45) is 0 Å². The van der Waals surface area contributed by atoms with Crippen molar-refractivity contribution in [3.8, 4) is 0 Å². The number of hydrogen-bond acceptors (Lipinski definition) is 5. The maximum atomic E-state index is 14.4. The summed E-state index contributed by atoms with van der Waals surface area (Å²) in [6, 6.07) is 0. The van der Waals surface area contributed by atoms with Gasteiger partial charge in [0.15, 0.2) is 6.61 Å². The first kappa shape index (κ1) is 24.3. The SMILES string of the molecule is C=C/C(C)=C(C)\C(=C/C)OCCOC(=O)N1CC(F)(F)COC2=C(c3cn[nH]c3)CCC=C21. The average molecular weight is 462 g/mol. The van der Waals surface area contributed by atoms with E-state index in [1.807, 2.05) is 20.8 Å². The molecule has 1 amide bonds. The molecule has 0 spiro atoms. The summed E-state index contributed by atoms with van der Waals surface area (Å²) in [6.45, 7) is 7.72. The minimum Gasteiger partial charge on any atom is -0.490 e. The lowest BCUT2D eigenvalue weighted by molar-refractivity contribution is -0.0593. The van der Waals surface area contributed by atoms with Gasteiger partial charge in [0.2, 0.25) is 0 Å². The fourth-order valence-electron chi connectivity index (χ4n) is 3.62. The highest BCUT2D eigenvalue weighted by molar-refractivity contribution is 5.77. The number of hydrogen-bond donors (Lipinski definition) is 1. The first-order chi connectivity index (χ1) is 15.8. The number of rotatable bonds is 7. The Morgan fingerprint density at radius 3 is 2.79 bits per heavy atom. The van der Waals surface area contributed by atoms with Crippen molar-refractivity contribution in [1.82, 2.24) is 15.1 Å². The van der Waals surface area contributed by atoms with Crippen LogP contribution < -0.4 is 0 Å². The molecule has 0 aromatic carbocycles. The topological polar surface area (TPSA) is 76.7 Å². The summed E-state index contributed by atoms with van der Waals surface area (Å²) in [5.74, 6) is -2.34. The van der Waals surface area contributed by atoms with Gasteiger partial charge in [0.05, 0.1) is 18.4 Å². The highest BCUT2D eigenvalue weighted by Gasteiger charge is 2.42. The second kappa shape index (κ2) is 10.5. The van der Waals surface area contributed by atoms with Gasteiger partial charge < -0.3 is 14.2 Å². The second-order valence-electron chi connectivity index (χ2n) is 7.78. The number of nitrogens with zero attached hydrogens (tertiary/aromatic N) is 2. The molecule has 1 aromatic heterocycles. The smallest absolute Gasteiger partial charge is 0.414 e. The molecule has 1 aliphatic heterocycles. The van der Waals surface area contributed by atoms with Crippen LogP contribution in [0.15, 0.2) is 65.6 Å². The minimum absolute atomic E-state index is 0.0793. The van der Waals surface area contributed by atoms with Crippen LogP contribution in [0.1, 0.15) is 39.2 Å². The third-order valence-corrected chi connectivity index (χ3v) is 5.51. The molecule has 3 rings (SSSR count). The van der Waals surface area contributed by atoms with E-state index >= 15 is 0 Å². The van der Waals surface area contributed by atoms with Gasteiger partial charge in [-0.05, 0) is 50.8 Å². The number of alkyl halides is 2. The van der Waals surface area contributed by atoms with Crippen LogP contribution >= 0.6 is 0 Å². The molecule has 0 bridgehead atoms. The Kier molecular flexibility index (Phi) is 7.73. The number of nitrogens with one attached hydrogen (secondary N) is 1. The number of amides is 1. The zero-order chi connectivity index (χ0) is 24.0. The first-order valence-electron chi connectivity index (χ1n) is 10.7. The molecule has 1 fully saturated rings. The van der Waals surface area contributed by atoms with Crippen LogP contribution in [0.25, 0.3) is 5.57 Å². The van der Waals surface area contributed by atoms with E-state index in [-0.39, 0.29) is 24.7 Å². The van der Waals surface area contributed by atoms with E-state index in [1.165, 1.54) is 0 Å². The van der Waals surface area contributed by atoms with Crippen LogP contribution in [-0.2, 0) is 14.2 Å². The number of allylic oxidation sites excluding steroid dienone is 6. The maximum absolute atomic E-state index is 14.4. The molecule has 1 aliphatic carbocycles. The molecule has 0 saturated carbocycles. The van der Waals surface area contributed by atoms with E-state index in [0.717, 1.165) is 27.2 Å². The highest BCUT2D eigenvalue weighted by Crippen LogP contribution is 2.38. The van der Waals surface area contributed by atoms with Gasteiger partial charge in [-0.15, -0.1) is 0 Å². The van der Waals surface area contributed by atoms with Crippen LogP contribution in [0.4, 0.5) is 13.6 Å². The summed E-state index contributed by atoms with van der Waals surface area (Å²) in [4.78, 5) is 13.8. The van der Waals surface area contributed by atoms with Crippen molar-refractivity contribution in [2.45, 2.75) is 39.5 Å². The highest BCUT2D eigenvalue weighted by atomic mass is 19.3. The predicted molar refractivity (Wildman–Crippen MR) is 120 cm³/mol. The zero-order valence-corrected chi connectivity index (χ0v) is 19.1. The van der Waals surface area contributed by atoms with Crippen LogP contribution in [0.3, 0.4) is 0 Å². The average Bonchev–Trinajstić information content (AvgIpc) is 3.30. The normalized spacial score (nSPS) is 19.0. The number of fused-ring (bicyclic) bond motifs is 1. The van der Waals surface area contributed by atoms with E-state index < -0.39 is 25.2 Å². The summed E-state index contributed by atoms with van der Waals surface area (Å²) >= 11 is 0. The van der Waals surface area contributed by atoms with E-state index in [1.54, 1.807) is 30.6 Å². The summed E-state index contributed by atoms with van der Waals surface area (Å²) in [7, 11) is 0. The standard InChI is InChI=1S/C24H29F2N3O4/c1-5-16(3)17(4)21(6-2)31-10-11-32-23(30)29-14-24(25,26)15-33-22-19(8-7-9-20(22)29)18-12-27-28-13-18/h5-6,9,12-13H,1,7-8,10-11,14-15H2,2-4H3,(H,27,28)/b17-16-,21-6+. The molecule has 0 radical (unpaired) electrons. The number of carbonyl (C=O) groups is 1. The van der Waals surface area contributed by atoms with E-state index in [9.17, 15) is 13.6 Å². The molecule has 9 heteroatoms. The summed E-state index contributed by atoms with van der Waals surface area (Å²) in [5, 5.41) is 6.64. The van der Waals surface area contributed by atoms with Crippen LogP contribution in [-0.4, -0.2) is 53.5 Å². The van der Waals surface area contributed by atoms with Crippen LogP contribution in [0.5, 0.6) is 0 Å². The van der Waals surface area contributed by atoms with Crippen molar-refractivity contribution >= 4 is 11.7 Å². The Morgan fingerprint density at radius 2 is 2.12 bits per heavy atom. The molecule has 2 aliphatic rings. The molecule has 178 valence electrons. The molecule has 0 unspecified atom stereocenters. The molecule has 2 heterocycles. The van der Waals surface area contributed by atoms with Gasteiger partial charge in [0, 0.05) is 17.3 Å². The van der Waals surface area contributed by atoms with Gasteiger partial charge in [-0.3, -0.25) is 10.00 Å². The Bertz CT molecular complexity index is 1010. The van der Waals surface area contributed by atoms with Crippen LogP contribution in [0.2, 0.25) is 0 Å². The maximum Gasteiger partial charge on any atom is 0.414 e. The van der Waals surface area contributed by atoms with Crippen molar-refractivity contribution < 1.29 is 27.8 Å². The predicted octanol–water partition coefficient (Wildman–Crippen LogP) is 5.35. The van der Waals surface area contributed by atoms with Crippen molar-refractivity contribution in [3.05, 3.63) is 71.1 Å². The van der Waals surface area contributed by atoms with Crippen molar-refractivity contribution in [1.29, 1.82) is 0 Å². The van der Waals surface area contributed by atoms with E-state index in [4.69, 9.17) is 14.2 Å². The molecule has 0 atom stereocenters. The Labute approximate surface area is 192 Å². The zero-order valence-electron chi connectivity index (χ0n) is 19.1. The lowest BCUT2D eigenvalue weighted by Gasteiger charge is -2.27. The second-order valence-corrected chi connectivity index (χ2v) is 7.78. The number of aromatic amines is 1. The molecule has 1 aromatic rings. The number of H-pyrrole nitrogens is 1. The van der Waals surface area contributed by atoms with E-state index in [2.05, 4.69) is 16.8 Å². The number of aromatic nitrogens is 2. The number of ether oxygens (including phenoxy) is 3. The molecule has 1 N–H and O–H groups in total. The largest absolute Gasteiger partial charge is 0.490 e. The third-order valence-electron chi connectivity index (χ3n) is 5.51. The van der Waals surface area contributed by atoms with Gasteiger partial charge in [0.25, 0.3) is 5.92 Å². The van der Waals surface area contributed by atoms with Gasteiger partial charge in [-0.1, -0.05) is 18.7 Å². The lowest BCUT2D eigenvalue weighted by atomic mass is 9.96. The number of carbonyl (C=O) groups excluding carboxylic acids is 1. The Morgan fingerprint density at radius 1 is 1.36 bits per heavy atom. The first-order valence-corrected chi connectivity index (χ1v) is 10.7. The Balaban J connectivity index is 1.72. The van der Waals surface area contributed by atoms with Gasteiger partial charge >= 0.3 is 6.09 Å². The summed E-state index contributed by atoms with van der Waals surface area (Å²) in [5.41, 5.74) is 3.62. The monoisotopic (exact) mass is 461 g/mol. The molecule has 1 saturated heterocycles. The third kappa shape index (κ3) is 5.71. The van der Waals surface area contributed by atoms with Crippen LogP contribution in [0, 0.1) is 0 Å². The molecule has 33 heavy (non-hydrogen) atoms. The summed E-state index contributed by atoms with van der Waals surface area (Å²) < 4.78 is 45.4. The van der Waals surface area contributed by atoms with Gasteiger partial charge in [0.1, 0.15) is 24.7 Å².